The Balaban J connectivity index is 2.18. The highest BCUT2D eigenvalue weighted by molar-refractivity contribution is 5.44. The average molecular weight is 335 g/mol. The molecule has 2 rings (SSSR count). The van der Waals surface area contributed by atoms with Crippen LogP contribution in [0.5, 0.6) is 5.75 Å². The topological polar surface area (TPSA) is 44.7 Å². The van der Waals surface area contributed by atoms with Gasteiger partial charge in [-0.3, -0.25) is 4.90 Å². The number of rotatable bonds is 10. The second-order valence-electron chi connectivity index (χ2n) is 6.65. The highest BCUT2D eigenvalue weighted by atomic mass is 16.5. The van der Waals surface area contributed by atoms with Crippen LogP contribution in [0, 0.1) is 0 Å². The van der Waals surface area contributed by atoms with E-state index in [0.29, 0.717) is 12.6 Å². The maximum Gasteiger partial charge on any atom is 0.124 e. The largest absolute Gasteiger partial charge is 0.494 e. The van der Waals surface area contributed by atoms with Gasteiger partial charge < -0.3 is 15.2 Å². The van der Waals surface area contributed by atoms with E-state index in [1.165, 1.54) is 36.1 Å². The molecule has 0 bridgehead atoms. The maximum absolute atomic E-state index is 8.92. The summed E-state index contributed by atoms with van der Waals surface area (Å²) >= 11 is 0. The Labute approximate surface area is 147 Å². The van der Waals surface area contributed by atoms with Crippen molar-refractivity contribution in [3.8, 4) is 5.75 Å². The molecule has 0 saturated heterocycles. The van der Waals surface area contributed by atoms with Gasteiger partial charge in [0.05, 0.1) is 6.61 Å². The molecule has 1 unspecified atom stereocenters. The lowest BCUT2D eigenvalue weighted by Crippen LogP contribution is -2.40. The van der Waals surface area contributed by atoms with E-state index in [9.17, 15) is 0 Å². The molecule has 0 amide bonds. The zero-order valence-corrected chi connectivity index (χ0v) is 15.6. The van der Waals surface area contributed by atoms with Gasteiger partial charge in [-0.2, -0.15) is 0 Å². The molecule has 0 fully saturated rings. The molecule has 1 heterocycles. The minimum atomic E-state index is 0.237. The third-order valence-electron chi connectivity index (χ3n) is 4.84. The number of aliphatic hydroxyl groups excluding tert-OH is 1. The molecule has 136 valence electrons. The van der Waals surface area contributed by atoms with Crippen LogP contribution in [0.4, 0.5) is 0 Å². The van der Waals surface area contributed by atoms with E-state index in [-0.39, 0.29) is 6.61 Å². The second-order valence-corrected chi connectivity index (χ2v) is 6.65. The van der Waals surface area contributed by atoms with Crippen LogP contribution in [0.1, 0.15) is 56.7 Å². The normalized spacial score (nSPS) is 17.8. The fraction of sp³-hybridized carbons (Fsp3) is 0.700. The summed E-state index contributed by atoms with van der Waals surface area (Å²) in [6.07, 6.45) is 4.34. The molecule has 1 aromatic carbocycles. The predicted molar refractivity (Wildman–Crippen MR) is 99.5 cm³/mol. The van der Waals surface area contributed by atoms with Gasteiger partial charge in [-0.25, -0.2) is 0 Å². The van der Waals surface area contributed by atoms with Crippen molar-refractivity contribution in [1.82, 2.24) is 10.2 Å². The highest BCUT2D eigenvalue weighted by Gasteiger charge is 2.25. The van der Waals surface area contributed by atoms with Gasteiger partial charge in [-0.15, -0.1) is 0 Å². The summed E-state index contributed by atoms with van der Waals surface area (Å²) in [6.45, 7) is 11.4. The first-order valence-corrected chi connectivity index (χ1v) is 9.56. The molecule has 1 atom stereocenters. The number of fused-ring (bicyclic) bond motifs is 1. The van der Waals surface area contributed by atoms with Crippen molar-refractivity contribution in [3.05, 3.63) is 28.8 Å². The number of hydrogen-bond donors (Lipinski definition) is 2. The molecule has 0 saturated carbocycles. The Morgan fingerprint density at radius 2 is 2.08 bits per heavy atom. The number of benzene rings is 1. The first-order chi connectivity index (χ1) is 11.7. The van der Waals surface area contributed by atoms with Gasteiger partial charge in [0.25, 0.3) is 0 Å². The van der Waals surface area contributed by atoms with E-state index >= 15 is 0 Å². The summed E-state index contributed by atoms with van der Waals surface area (Å²) < 4.78 is 5.90. The summed E-state index contributed by atoms with van der Waals surface area (Å²) in [5.41, 5.74) is 4.15. The Morgan fingerprint density at radius 1 is 1.25 bits per heavy atom. The van der Waals surface area contributed by atoms with Crippen molar-refractivity contribution in [1.29, 1.82) is 0 Å². The predicted octanol–water partition coefficient (Wildman–Crippen LogP) is 3.10. The number of nitrogens with zero attached hydrogens (tertiary/aromatic N) is 1. The molecule has 2 N–H and O–H groups in total. The highest BCUT2D eigenvalue weighted by Crippen LogP contribution is 2.31. The van der Waals surface area contributed by atoms with Crippen LogP contribution in [0.3, 0.4) is 0 Å². The van der Waals surface area contributed by atoms with E-state index in [0.717, 1.165) is 38.2 Å². The van der Waals surface area contributed by atoms with Crippen LogP contribution in [0.25, 0.3) is 0 Å². The van der Waals surface area contributed by atoms with Gasteiger partial charge in [0.2, 0.25) is 0 Å². The third-order valence-corrected chi connectivity index (χ3v) is 4.84. The minimum Gasteiger partial charge on any atom is -0.494 e. The second kappa shape index (κ2) is 10.0. The lowest BCUT2D eigenvalue weighted by molar-refractivity contribution is 0.166. The summed E-state index contributed by atoms with van der Waals surface area (Å²) in [7, 11) is 0. The first kappa shape index (κ1) is 19.2. The van der Waals surface area contributed by atoms with Crippen molar-refractivity contribution in [3.63, 3.8) is 0 Å². The molecule has 1 aliphatic rings. The van der Waals surface area contributed by atoms with Crippen LogP contribution >= 0.6 is 0 Å². The summed E-state index contributed by atoms with van der Waals surface area (Å²) in [5, 5.41) is 12.3. The number of aliphatic hydroxyl groups is 1. The smallest absolute Gasteiger partial charge is 0.124 e. The van der Waals surface area contributed by atoms with Crippen molar-refractivity contribution in [2.45, 2.75) is 65.6 Å². The van der Waals surface area contributed by atoms with Crippen LogP contribution in [0.15, 0.2) is 12.1 Å². The van der Waals surface area contributed by atoms with E-state index in [1.807, 2.05) is 6.92 Å². The zero-order valence-electron chi connectivity index (χ0n) is 15.6. The van der Waals surface area contributed by atoms with Crippen LogP contribution in [-0.2, 0) is 19.5 Å². The molecule has 0 aliphatic carbocycles. The molecular formula is C20H34N2O2. The fourth-order valence-corrected chi connectivity index (χ4v) is 3.59. The van der Waals surface area contributed by atoms with Crippen molar-refractivity contribution >= 4 is 0 Å². The molecule has 24 heavy (non-hydrogen) atoms. The summed E-state index contributed by atoms with van der Waals surface area (Å²) in [6, 6.07) is 5.26. The van der Waals surface area contributed by atoms with E-state index in [2.05, 4.69) is 36.2 Å². The quantitative estimate of drug-likeness (QED) is 0.645. The van der Waals surface area contributed by atoms with Gasteiger partial charge in [0.15, 0.2) is 0 Å². The molecule has 4 heteroatoms. The van der Waals surface area contributed by atoms with Gasteiger partial charge in [0.1, 0.15) is 5.75 Å². The van der Waals surface area contributed by atoms with E-state index in [1.54, 1.807) is 0 Å². The van der Waals surface area contributed by atoms with Crippen molar-refractivity contribution in [2.24, 2.45) is 0 Å². The third kappa shape index (κ3) is 4.95. The average Bonchev–Trinajstić information content (AvgIpc) is 2.59. The van der Waals surface area contributed by atoms with Crippen LogP contribution < -0.4 is 10.1 Å². The van der Waals surface area contributed by atoms with Crippen LogP contribution in [0.2, 0.25) is 0 Å². The Morgan fingerprint density at radius 3 is 2.75 bits per heavy atom. The van der Waals surface area contributed by atoms with Crippen molar-refractivity contribution in [2.75, 3.05) is 26.3 Å². The molecule has 1 aliphatic heterocycles. The number of ether oxygens (including phenoxy) is 1. The Hall–Kier alpha value is -1.10. The van der Waals surface area contributed by atoms with Gasteiger partial charge in [-0.1, -0.05) is 19.9 Å². The Bertz CT molecular complexity index is 505. The van der Waals surface area contributed by atoms with Gasteiger partial charge in [0, 0.05) is 31.3 Å². The molecule has 0 radical (unpaired) electrons. The SMILES string of the molecule is CCCN1Cc2cc(OCC)c(CNCCCO)cc2CC1CC. The minimum absolute atomic E-state index is 0.237. The monoisotopic (exact) mass is 334 g/mol. The van der Waals surface area contributed by atoms with Crippen LogP contribution in [-0.4, -0.2) is 42.4 Å². The fourth-order valence-electron chi connectivity index (χ4n) is 3.59. The molecule has 1 aromatic rings. The van der Waals surface area contributed by atoms with Crippen molar-refractivity contribution < 1.29 is 9.84 Å². The Kier molecular flexibility index (Phi) is 8.03. The zero-order chi connectivity index (χ0) is 17.4. The molecule has 0 aromatic heterocycles. The van der Waals surface area contributed by atoms with E-state index in [4.69, 9.17) is 9.84 Å². The van der Waals surface area contributed by atoms with Gasteiger partial charge >= 0.3 is 0 Å². The molecule has 4 nitrogen and oxygen atoms in total. The molecule has 0 spiro atoms. The first-order valence-electron chi connectivity index (χ1n) is 9.56. The van der Waals surface area contributed by atoms with E-state index < -0.39 is 0 Å². The molecular weight excluding hydrogens is 300 g/mol. The standard InChI is InChI=1S/C20H34N2O2/c1-4-9-22-15-18-13-20(24-6-3)17(14-21-8-7-10-23)11-16(18)12-19(22)5-2/h11,13,19,21,23H,4-10,12,14-15H2,1-3H3. The summed E-state index contributed by atoms with van der Waals surface area (Å²) in [5.74, 6) is 1.01. The number of nitrogens with one attached hydrogen (secondary N) is 1. The lowest BCUT2D eigenvalue weighted by atomic mass is 9.90. The maximum atomic E-state index is 8.92. The lowest BCUT2D eigenvalue weighted by Gasteiger charge is -2.37. The summed E-state index contributed by atoms with van der Waals surface area (Å²) in [4.78, 5) is 2.62. The number of hydrogen-bond acceptors (Lipinski definition) is 4. The van der Waals surface area contributed by atoms with Gasteiger partial charge in [-0.05, 0) is 62.9 Å².